The number of hydrogen-bond acceptors (Lipinski definition) is 2. The van der Waals surface area contributed by atoms with Crippen LogP contribution in [0.4, 0.5) is 0 Å². The Morgan fingerprint density at radius 1 is 0.812 bits per heavy atom. The van der Waals surface area contributed by atoms with E-state index in [0.717, 1.165) is 0 Å². The summed E-state index contributed by atoms with van der Waals surface area (Å²) in [5, 5.41) is 0. The fraction of sp³-hybridized carbons (Fsp3) is 0.571. The zero-order chi connectivity index (χ0) is 11.7. The van der Waals surface area contributed by atoms with E-state index in [1.165, 1.54) is 0 Å². The van der Waals surface area contributed by atoms with Crippen molar-refractivity contribution >= 4 is 11.6 Å². The van der Waals surface area contributed by atoms with Crippen molar-refractivity contribution in [1.82, 2.24) is 0 Å². The van der Waals surface area contributed by atoms with Crippen molar-refractivity contribution in [2.24, 2.45) is 23.7 Å². The van der Waals surface area contributed by atoms with Crippen LogP contribution in [0, 0.1) is 23.7 Å². The van der Waals surface area contributed by atoms with E-state index in [0.29, 0.717) is 12.8 Å². The Bertz CT molecular complexity index is 317. The Morgan fingerprint density at radius 2 is 1.12 bits per heavy atom. The molecule has 0 aromatic heterocycles. The van der Waals surface area contributed by atoms with Gasteiger partial charge in [-0.1, -0.05) is 38.2 Å². The van der Waals surface area contributed by atoms with Gasteiger partial charge < -0.3 is 0 Å². The smallest absolute Gasteiger partial charge is 0.137 e. The molecule has 0 spiro atoms. The van der Waals surface area contributed by atoms with Crippen LogP contribution in [0.2, 0.25) is 0 Å². The van der Waals surface area contributed by atoms with Gasteiger partial charge in [-0.25, -0.2) is 0 Å². The molecule has 0 radical (unpaired) electrons. The molecule has 3 aliphatic carbocycles. The number of rotatable bonds is 4. The molecule has 0 saturated carbocycles. The van der Waals surface area contributed by atoms with Gasteiger partial charge in [-0.2, -0.15) is 0 Å². The molecule has 0 saturated heterocycles. The summed E-state index contributed by atoms with van der Waals surface area (Å²) in [4.78, 5) is 23.9. The number of fused-ring (bicyclic) bond motifs is 1. The third kappa shape index (κ3) is 1.66. The molecule has 0 heterocycles. The summed E-state index contributed by atoms with van der Waals surface area (Å²) in [5.41, 5.74) is 0. The fourth-order valence-corrected chi connectivity index (χ4v) is 2.90. The molecule has 2 bridgehead atoms. The highest BCUT2D eigenvalue weighted by molar-refractivity contribution is 5.91. The van der Waals surface area contributed by atoms with E-state index in [4.69, 9.17) is 0 Å². The normalized spacial score (nSPS) is 35.4. The predicted octanol–water partition coefficient (Wildman–Crippen LogP) is 2.55. The van der Waals surface area contributed by atoms with Gasteiger partial charge in [0.2, 0.25) is 0 Å². The third-order valence-electron chi connectivity index (χ3n) is 3.77. The molecule has 0 fully saturated rings. The molecule has 16 heavy (non-hydrogen) atoms. The number of carbonyl (C=O) groups excluding carboxylic acids is 2. The van der Waals surface area contributed by atoms with Gasteiger partial charge in [0.1, 0.15) is 11.6 Å². The SMILES string of the molecule is CCC(=O)C1C2C=CC(C=C2)C1C(=O)CC. The highest BCUT2D eigenvalue weighted by Gasteiger charge is 2.43. The zero-order valence-corrected chi connectivity index (χ0v) is 9.85. The average molecular weight is 218 g/mol. The maximum atomic E-state index is 12.0. The highest BCUT2D eigenvalue weighted by atomic mass is 16.1. The summed E-state index contributed by atoms with van der Waals surface area (Å²) in [6.07, 6.45) is 9.40. The summed E-state index contributed by atoms with van der Waals surface area (Å²) in [7, 11) is 0. The van der Waals surface area contributed by atoms with Crippen molar-refractivity contribution in [2.45, 2.75) is 26.7 Å². The summed E-state index contributed by atoms with van der Waals surface area (Å²) >= 11 is 0. The molecule has 2 nitrogen and oxygen atoms in total. The Balaban J connectivity index is 2.33. The lowest BCUT2D eigenvalue weighted by molar-refractivity contribution is -0.134. The summed E-state index contributed by atoms with van der Waals surface area (Å²) < 4.78 is 0. The molecule has 2 atom stereocenters. The number of hydrogen-bond donors (Lipinski definition) is 0. The summed E-state index contributed by atoms with van der Waals surface area (Å²) in [6.45, 7) is 3.76. The lowest BCUT2D eigenvalue weighted by Gasteiger charge is -2.39. The van der Waals surface area contributed by atoms with Crippen LogP contribution in [0.3, 0.4) is 0 Å². The quantitative estimate of drug-likeness (QED) is 0.679. The molecule has 2 unspecified atom stereocenters. The van der Waals surface area contributed by atoms with E-state index in [2.05, 4.69) is 24.3 Å². The van der Waals surface area contributed by atoms with Gasteiger partial charge in [-0.3, -0.25) is 9.59 Å². The van der Waals surface area contributed by atoms with Crippen LogP contribution in [0.1, 0.15) is 26.7 Å². The molecule has 0 aromatic rings. The number of allylic oxidation sites excluding steroid dienone is 4. The third-order valence-corrected chi connectivity index (χ3v) is 3.77. The van der Waals surface area contributed by atoms with Crippen molar-refractivity contribution in [1.29, 1.82) is 0 Å². The number of ketones is 2. The molecule has 86 valence electrons. The van der Waals surface area contributed by atoms with Gasteiger partial charge in [-0.15, -0.1) is 0 Å². The molecule has 3 aliphatic rings. The van der Waals surface area contributed by atoms with Gasteiger partial charge >= 0.3 is 0 Å². The molecule has 0 N–H and O–H groups in total. The molecule has 0 aliphatic heterocycles. The second-order valence-corrected chi connectivity index (χ2v) is 4.62. The van der Waals surface area contributed by atoms with Crippen LogP contribution in [0.15, 0.2) is 24.3 Å². The minimum Gasteiger partial charge on any atom is -0.299 e. The molecular weight excluding hydrogens is 200 g/mol. The van der Waals surface area contributed by atoms with E-state index < -0.39 is 0 Å². The van der Waals surface area contributed by atoms with Gasteiger partial charge in [-0.05, 0) is 0 Å². The Hall–Kier alpha value is -1.18. The van der Waals surface area contributed by atoms with Gasteiger partial charge in [0.25, 0.3) is 0 Å². The predicted molar refractivity (Wildman–Crippen MR) is 62.8 cm³/mol. The lowest BCUT2D eigenvalue weighted by Crippen LogP contribution is -2.42. The topological polar surface area (TPSA) is 34.1 Å². The van der Waals surface area contributed by atoms with Crippen LogP contribution in [0.25, 0.3) is 0 Å². The van der Waals surface area contributed by atoms with Crippen LogP contribution < -0.4 is 0 Å². The van der Waals surface area contributed by atoms with E-state index >= 15 is 0 Å². The van der Waals surface area contributed by atoms with Crippen molar-refractivity contribution in [3.05, 3.63) is 24.3 Å². The number of carbonyl (C=O) groups is 2. The minimum absolute atomic E-state index is 0.0996. The molecule has 3 rings (SSSR count). The molecule has 0 amide bonds. The number of Topliss-reactive ketones (excluding diaryl/α,β-unsaturated/α-hetero) is 2. The van der Waals surface area contributed by atoms with E-state index in [1.54, 1.807) is 0 Å². The zero-order valence-electron chi connectivity index (χ0n) is 9.85. The van der Waals surface area contributed by atoms with Crippen molar-refractivity contribution < 1.29 is 9.59 Å². The second kappa shape index (κ2) is 4.36. The van der Waals surface area contributed by atoms with Gasteiger partial charge in [0.15, 0.2) is 0 Å². The first-order chi connectivity index (χ1) is 7.69. The Morgan fingerprint density at radius 3 is 1.38 bits per heavy atom. The first kappa shape index (κ1) is 11.3. The maximum absolute atomic E-state index is 12.0. The van der Waals surface area contributed by atoms with Crippen molar-refractivity contribution in [2.75, 3.05) is 0 Å². The average Bonchev–Trinajstić information content (AvgIpc) is 2.37. The Labute approximate surface area is 96.4 Å². The van der Waals surface area contributed by atoms with Gasteiger partial charge in [0.05, 0.1) is 0 Å². The molecule has 2 heteroatoms. The minimum atomic E-state index is -0.0996. The monoisotopic (exact) mass is 218 g/mol. The van der Waals surface area contributed by atoms with Crippen LogP contribution in [0.5, 0.6) is 0 Å². The van der Waals surface area contributed by atoms with Gasteiger partial charge in [0, 0.05) is 36.5 Å². The Kier molecular flexibility index (Phi) is 3.08. The molecule has 0 aromatic carbocycles. The maximum Gasteiger partial charge on any atom is 0.137 e. The lowest BCUT2D eigenvalue weighted by atomic mass is 9.62. The van der Waals surface area contributed by atoms with Crippen LogP contribution in [-0.2, 0) is 9.59 Å². The van der Waals surface area contributed by atoms with Crippen LogP contribution >= 0.6 is 0 Å². The first-order valence-corrected chi connectivity index (χ1v) is 6.11. The first-order valence-electron chi connectivity index (χ1n) is 6.11. The van der Waals surface area contributed by atoms with Crippen molar-refractivity contribution in [3.63, 3.8) is 0 Å². The molecular formula is C14H18O2. The van der Waals surface area contributed by atoms with E-state index in [1.807, 2.05) is 13.8 Å². The van der Waals surface area contributed by atoms with E-state index in [-0.39, 0.29) is 35.2 Å². The second-order valence-electron chi connectivity index (χ2n) is 4.62. The van der Waals surface area contributed by atoms with E-state index in [9.17, 15) is 9.59 Å². The summed E-state index contributed by atoms with van der Waals surface area (Å²) in [6, 6.07) is 0. The standard InChI is InChI=1S/C14H18O2/c1-3-11(15)13-9-5-7-10(8-6-9)14(13)12(16)4-2/h5-10,13-14H,3-4H2,1-2H3. The summed E-state index contributed by atoms with van der Waals surface area (Å²) in [5.74, 6) is 0.566. The van der Waals surface area contributed by atoms with Crippen molar-refractivity contribution in [3.8, 4) is 0 Å². The largest absolute Gasteiger partial charge is 0.299 e. The fourth-order valence-electron chi connectivity index (χ4n) is 2.90. The van der Waals surface area contributed by atoms with Crippen LogP contribution in [-0.4, -0.2) is 11.6 Å². The highest BCUT2D eigenvalue weighted by Crippen LogP contribution is 2.42.